The Hall–Kier alpha value is -6.38. The van der Waals surface area contributed by atoms with Gasteiger partial charge in [-0.05, 0) is 99.8 Å². The fourth-order valence-electron chi connectivity index (χ4n) is 8.31. The van der Waals surface area contributed by atoms with Crippen LogP contribution in [0, 0.1) is 0 Å². The predicted octanol–water partition coefficient (Wildman–Crippen LogP) is 12.3. The molecule has 3 heterocycles. The molecule has 222 valence electrons. The molecule has 0 bridgehead atoms. The Balaban J connectivity index is 1.26. The molecule has 0 fully saturated rings. The van der Waals surface area contributed by atoms with Crippen LogP contribution in [-0.4, -0.2) is 9.13 Å². The quantitative estimate of drug-likeness (QED) is 0.185. The van der Waals surface area contributed by atoms with Crippen LogP contribution in [0.2, 0.25) is 0 Å². The molecule has 0 atom stereocenters. The first-order valence-corrected chi connectivity index (χ1v) is 16.6. The number of fused-ring (bicyclic) bond motifs is 12. The molecule has 0 amide bonds. The summed E-state index contributed by atoms with van der Waals surface area (Å²) in [4.78, 5) is 0. The lowest BCUT2D eigenvalue weighted by Gasteiger charge is -2.14. The second-order valence-electron chi connectivity index (χ2n) is 13.0. The molecule has 0 radical (unpaired) electrons. The van der Waals surface area contributed by atoms with E-state index in [0.717, 1.165) is 0 Å². The number of nitrogens with zero attached hydrogens (tertiary/aromatic N) is 2. The summed E-state index contributed by atoms with van der Waals surface area (Å²) in [5.74, 6) is 0. The minimum atomic E-state index is 1.18. The van der Waals surface area contributed by atoms with E-state index in [4.69, 9.17) is 0 Å². The van der Waals surface area contributed by atoms with Crippen LogP contribution >= 0.6 is 0 Å². The number of benzene rings is 8. The van der Waals surface area contributed by atoms with E-state index in [1.54, 1.807) is 0 Å². The van der Waals surface area contributed by atoms with Gasteiger partial charge in [0.1, 0.15) is 0 Å². The largest absolute Gasteiger partial charge is 0.309 e. The van der Waals surface area contributed by atoms with Gasteiger partial charge in [-0.15, -0.1) is 0 Å². The van der Waals surface area contributed by atoms with Crippen molar-refractivity contribution in [1.82, 2.24) is 9.13 Å². The Morgan fingerprint density at radius 1 is 0.312 bits per heavy atom. The standard InChI is InChI=1S/C46H28N2/c1-2-14-33(15-3-1)47-42-19-9-7-17-35(42)39-26-31(22-23-45(39)47)32-27-40-36-18-8-11-21-44(36)48-43-20-10-6-16-34(43)37-24-29-12-4-5-13-30(29)25-38(37)41(28-32)46(40)48/h1-28H. The fraction of sp³-hybridized carbons (Fsp3) is 0. The van der Waals surface area contributed by atoms with E-state index in [1.165, 1.54) is 99.1 Å². The van der Waals surface area contributed by atoms with Crippen LogP contribution in [0.15, 0.2) is 170 Å². The van der Waals surface area contributed by atoms with Crippen LogP contribution in [0.1, 0.15) is 0 Å². The van der Waals surface area contributed by atoms with Crippen molar-refractivity contribution in [3.8, 4) is 44.8 Å². The van der Waals surface area contributed by atoms with Gasteiger partial charge in [-0.1, -0.05) is 103 Å². The van der Waals surface area contributed by atoms with Gasteiger partial charge >= 0.3 is 0 Å². The summed E-state index contributed by atoms with van der Waals surface area (Å²) in [6, 6.07) is 62.7. The lowest BCUT2D eigenvalue weighted by atomic mass is 9.89. The van der Waals surface area contributed by atoms with Crippen molar-refractivity contribution in [3.05, 3.63) is 170 Å². The van der Waals surface area contributed by atoms with Crippen molar-refractivity contribution in [2.24, 2.45) is 0 Å². The van der Waals surface area contributed by atoms with E-state index in [2.05, 4.69) is 179 Å². The van der Waals surface area contributed by atoms with E-state index in [1.807, 2.05) is 0 Å². The molecule has 0 saturated carbocycles. The van der Waals surface area contributed by atoms with Gasteiger partial charge in [-0.3, -0.25) is 0 Å². The number of rotatable bonds is 2. The van der Waals surface area contributed by atoms with Crippen LogP contribution in [0.25, 0.3) is 99.1 Å². The number of hydrogen-bond donors (Lipinski definition) is 0. The number of para-hydroxylation sites is 4. The van der Waals surface area contributed by atoms with Gasteiger partial charge in [0.05, 0.1) is 27.8 Å². The average molecular weight is 609 g/mol. The summed E-state index contributed by atoms with van der Waals surface area (Å²) in [6.07, 6.45) is 0. The summed E-state index contributed by atoms with van der Waals surface area (Å²) in [5.41, 5.74) is 14.9. The van der Waals surface area contributed by atoms with Crippen LogP contribution in [-0.2, 0) is 0 Å². The fourth-order valence-corrected chi connectivity index (χ4v) is 8.31. The van der Waals surface area contributed by atoms with E-state index in [9.17, 15) is 0 Å². The van der Waals surface area contributed by atoms with Crippen LogP contribution in [0.5, 0.6) is 0 Å². The first-order chi connectivity index (χ1) is 23.8. The minimum absolute atomic E-state index is 1.18. The highest BCUT2D eigenvalue weighted by Crippen LogP contribution is 2.49. The third-order valence-corrected chi connectivity index (χ3v) is 10.4. The molecule has 2 nitrogen and oxygen atoms in total. The predicted molar refractivity (Wildman–Crippen MR) is 202 cm³/mol. The Bertz CT molecular complexity index is 2940. The maximum Gasteiger partial charge on any atom is 0.0620 e. The molecule has 0 saturated heterocycles. The van der Waals surface area contributed by atoms with Crippen molar-refractivity contribution in [2.75, 3.05) is 0 Å². The maximum atomic E-state index is 2.50. The second kappa shape index (κ2) is 9.57. The Morgan fingerprint density at radius 3 is 1.69 bits per heavy atom. The number of aromatic nitrogens is 2. The lowest BCUT2D eigenvalue weighted by molar-refractivity contribution is 1.18. The van der Waals surface area contributed by atoms with Gasteiger partial charge < -0.3 is 9.13 Å². The van der Waals surface area contributed by atoms with Gasteiger partial charge in [0.2, 0.25) is 0 Å². The van der Waals surface area contributed by atoms with Crippen LogP contribution in [0.4, 0.5) is 0 Å². The van der Waals surface area contributed by atoms with Gasteiger partial charge in [0, 0.05) is 38.4 Å². The smallest absolute Gasteiger partial charge is 0.0620 e. The summed E-state index contributed by atoms with van der Waals surface area (Å²) in [7, 11) is 0. The molecule has 1 aliphatic heterocycles. The molecule has 8 aromatic carbocycles. The monoisotopic (exact) mass is 608 g/mol. The molecular formula is C46H28N2. The summed E-state index contributed by atoms with van der Waals surface area (Å²) in [5, 5.41) is 7.60. The summed E-state index contributed by atoms with van der Waals surface area (Å²) in [6.45, 7) is 0. The molecule has 2 aromatic heterocycles. The van der Waals surface area contributed by atoms with E-state index >= 15 is 0 Å². The Labute approximate surface area is 277 Å². The average Bonchev–Trinajstić information content (AvgIpc) is 3.63. The zero-order chi connectivity index (χ0) is 31.3. The van der Waals surface area contributed by atoms with Crippen LogP contribution in [0.3, 0.4) is 0 Å². The molecule has 48 heavy (non-hydrogen) atoms. The third kappa shape index (κ3) is 3.46. The highest BCUT2D eigenvalue weighted by molar-refractivity contribution is 6.19. The topological polar surface area (TPSA) is 9.86 Å². The first kappa shape index (κ1) is 25.8. The SMILES string of the molecule is c1ccc(-n2c3ccccc3c3cc(-c4cc5c6c(c4)c4ccccc4n6-c4ccccc4-c4cc6ccccc6cc4-5)ccc32)cc1. The van der Waals surface area contributed by atoms with Gasteiger partial charge in [0.25, 0.3) is 0 Å². The minimum Gasteiger partial charge on any atom is -0.309 e. The van der Waals surface area contributed by atoms with Crippen molar-refractivity contribution in [2.45, 2.75) is 0 Å². The second-order valence-corrected chi connectivity index (χ2v) is 13.0. The van der Waals surface area contributed by atoms with E-state index < -0.39 is 0 Å². The highest BCUT2D eigenvalue weighted by atomic mass is 15.0. The molecule has 11 rings (SSSR count). The molecular weight excluding hydrogens is 581 g/mol. The zero-order valence-corrected chi connectivity index (χ0v) is 26.1. The lowest BCUT2D eigenvalue weighted by Crippen LogP contribution is -1.95. The summed E-state index contributed by atoms with van der Waals surface area (Å²) >= 11 is 0. The first-order valence-electron chi connectivity index (χ1n) is 16.6. The van der Waals surface area contributed by atoms with Crippen molar-refractivity contribution < 1.29 is 0 Å². The van der Waals surface area contributed by atoms with Gasteiger partial charge in [0.15, 0.2) is 0 Å². The maximum absolute atomic E-state index is 2.50. The Kier molecular flexibility index (Phi) is 5.14. The van der Waals surface area contributed by atoms with Crippen molar-refractivity contribution in [1.29, 1.82) is 0 Å². The normalized spacial score (nSPS) is 12.2. The van der Waals surface area contributed by atoms with Crippen molar-refractivity contribution >= 4 is 54.4 Å². The molecule has 2 heteroatoms. The molecule has 0 aliphatic carbocycles. The Morgan fingerprint density at radius 2 is 0.896 bits per heavy atom. The molecule has 0 N–H and O–H groups in total. The summed E-state index contributed by atoms with van der Waals surface area (Å²) < 4.78 is 4.89. The third-order valence-electron chi connectivity index (χ3n) is 10.4. The highest BCUT2D eigenvalue weighted by Gasteiger charge is 2.26. The zero-order valence-electron chi connectivity index (χ0n) is 26.1. The van der Waals surface area contributed by atoms with Crippen molar-refractivity contribution in [3.63, 3.8) is 0 Å². The number of hydrogen-bond acceptors (Lipinski definition) is 0. The molecule has 10 aromatic rings. The molecule has 1 aliphatic rings. The molecule has 0 spiro atoms. The van der Waals surface area contributed by atoms with E-state index in [0.29, 0.717) is 0 Å². The van der Waals surface area contributed by atoms with Gasteiger partial charge in [-0.2, -0.15) is 0 Å². The van der Waals surface area contributed by atoms with Crippen LogP contribution < -0.4 is 0 Å². The molecule has 0 unspecified atom stereocenters. The van der Waals surface area contributed by atoms with Gasteiger partial charge in [-0.25, -0.2) is 0 Å². The van der Waals surface area contributed by atoms with E-state index in [-0.39, 0.29) is 0 Å².